The Morgan fingerprint density at radius 1 is 1.19 bits per heavy atom. The number of rotatable bonds is 6. The molecule has 2 aromatic heterocycles. The van der Waals surface area contributed by atoms with Gasteiger partial charge in [-0.25, -0.2) is 4.79 Å². The lowest BCUT2D eigenvalue weighted by Gasteiger charge is -2.13. The number of aryl methyl sites for hydroxylation is 2. The molecule has 0 spiro atoms. The van der Waals surface area contributed by atoms with Crippen LogP contribution in [0.2, 0.25) is 0 Å². The van der Waals surface area contributed by atoms with E-state index in [0.29, 0.717) is 16.7 Å². The fourth-order valence-electron chi connectivity index (χ4n) is 2.63. The highest BCUT2D eigenvalue weighted by molar-refractivity contribution is 7.99. The van der Waals surface area contributed by atoms with E-state index in [0.717, 1.165) is 16.8 Å². The third kappa shape index (κ3) is 4.34. The van der Waals surface area contributed by atoms with Gasteiger partial charge >= 0.3 is 5.69 Å². The average molecular weight is 386 g/mol. The summed E-state index contributed by atoms with van der Waals surface area (Å²) in [6, 6.07) is 7.26. The number of H-pyrrole nitrogens is 2. The van der Waals surface area contributed by atoms with E-state index in [4.69, 9.17) is 5.73 Å². The molecular formula is C17H18N6O3S. The number of nitrogens with one attached hydrogen (secondary N) is 2. The Morgan fingerprint density at radius 2 is 1.96 bits per heavy atom. The summed E-state index contributed by atoms with van der Waals surface area (Å²) < 4.78 is 1.81. The Labute approximate surface area is 158 Å². The number of hydrogen-bond donors (Lipinski definition) is 3. The zero-order valence-corrected chi connectivity index (χ0v) is 15.6. The molecule has 1 aromatic carbocycles. The molecule has 27 heavy (non-hydrogen) atoms. The summed E-state index contributed by atoms with van der Waals surface area (Å²) in [6.07, 6.45) is 0.191. The molecule has 0 unspecified atom stereocenters. The molecule has 0 aliphatic rings. The quantitative estimate of drug-likeness (QED) is 0.525. The van der Waals surface area contributed by atoms with Crippen molar-refractivity contribution in [3.8, 4) is 5.69 Å². The number of carbonyl (C=O) groups is 1. The standard InChI is InChI=1S/C17H18N6O3S/c1-9-3-4-10(2)12(5-9)23-14(21-22-17(23)27-8-13(18)24)6-11-7-15(25)20-16(26)19-11/h3-5,7H,6,8H2,1-2H3,(H2,18,24)(H2,19,20,25,26). The van der Waals surface area contributed by atoms with Crippen molar-refractivity contribution in [3.63, 3.8) is 0 Å². The number of benzene rings is 1. The second kappa shape index (κ2) is 7.62. The molecule has 4 N–H and O–H groups in total. The van der Waals surface area contributed by atoms with Crippen LogP contribution in [0.15, 0.2) is 39.0 Å². The zero-order chi connectivity index (χ0) is 19.6. The van der Waals surface area contributed by atoms with Crippen LogP contribution in [0.25, 0.3) is 5.69 Å². The third-order valence-electron chi connectivity index (χ3n) is 3.81. The first-order chi connectivity index (χ1) is 12.8. The Hall–Kier alpha value is -3.14. The maximum Gasteiger partial charge on any atom is 0.325 e. The van der Waals surface area contributed by atoms with Crippen LogP contribution in [0.3, 0.4) is 0 Å². The topological polar surface area (TPSA) is 140 Å². The van der Waals surface area contributed by atoms with Gasteiger partial charge in [-0.2, -0.15) is 0 Å². The Kier molecular flexibility index (Phi) is 5.26. The molecule has 1 amide bonds. The van der Waals surface area contributed by atoms with Crippen LogP contribution in [-0.2, 0) is 11.2 Å². The van der Waals surface area contributed by atoms with Crippen molar-refractivity contribution in [2.75, 3.05) is 5.75 Å². The van der Waals surface area contributed by atoms with Crippen LogP contribution >= 0.6 is 11.8 Å². The van der Waals surface area contributed by atoms with Gasteiger partial charge in [-0.3, -0.25) is 19.1 Å². The molecule has 0 aliphatic carbocycles. The van der Waals surface area contributed by atoms with Crippen molar-refractivity contribution in [1.29, 1.82) is 0 Å². The summed E-state index contributed by atoms with van der Waals surface area (Å²) in [6.45, 7) is 3.92. The van der Waals surface area contributed by atoms with Crippen LogP contribution in [0, 0.1) is 13.8 Å². The highest BCUT2D eigenvalue weighted by Crippen LogP contribution is 2.25. The summed E-state index contributed by atoms with van der Waals surface area (Å²) in [5.41, 5.74) is 7.48. The molecule has 9 nitrogen and oxygen atoms in total. The molecule has 0 saturated carbocycles. The lowest BCUT2D eigenvalue weighted by Crippen LogP contribution is -2.23. The number of aromatic nitrogens is 5. The molecule has 0 radical (unpaired) electrons. The Morgan fingerprint density at radius 3 is 2.67 bits per heavy atom. The number of carbonyl (C=O) groups excluding carboxylic acids is 1. The third-order valence-corrected chi connectivity index (χ3v) is 4.77. The minimum absolute atomic E-state index is 0.0604. The number of primary amides is 1. The fraction of sp³-hybridized carbons (Fsp3) is 0.235. The van der Waals surface area contributed by atoms with E-state index in [1.807, 2.05) is 36.6 Å². The minimum atomic E-state index is -0.585. The molecule has 0 aliphatic heterocycles. The Bertz CT molecular complexity index is 1090. The van der Waals surface area contributed by atoms with Crippen molar-refractivity contribution in [3.05, 3.63) is 67.7 Å². The second-order valence-electron chi connectivity index (χ2n) is 6.07. The van der Waals surface area contributed by atoms with Gasteiger partial charge in [0.2, 0.25) is 5.91 Å². The number of nitrogens with zero attached hydrogens (tertiary/aromatic N) is 3. The number of hydrogen-bond acceptors (Lipinski definition) is 6. The van der Waals surface area contributed by atoms with E-state index in [-0.39, 0.29) is 12.2 Å². The number of thioether (sulfide) groups is 1. The molecule has 0 fully saturated rings. The molecule has 10 heteroatoms. The predicted octanol–water partition coefficient (Wildman–Crippen LogP) is 0.429. The van der Waals surface area contributed by atoms with Crippen LogP contribution < -0.4 is 17.0 Å². The van der Waals surface area contributed by atoms with E-state index >= 15 is 0 Å². The predicted molar refractivity (Wildman–Crippen MR) is 101 cm³/mol. The summed E-state index contributed by atoms with van der Waals surface area (Å²) in [7, 11) is 0. The van der Waals surface area contributed by atoms with Crippen LogP contribution in [0.4, 0.5) is 0 Å². The molecule has 0 bridgehead atoms. The van der Waals surface area contributed by atoms with Crippen molar-refractivity contribution < 1.29 is 4.79 Å². The average Bonchev–Trinajstić information content (AvgIpc) is 2.96. The van der Waals surface area contributed by atoms with Gasteiger partial charge in [0.05, 0.1) is 11.4 Å². The maximum absolute atomic E-state index is 11.6. The van der Waals surface area contributed by atoms with Gasteiger partial charge in [-0.05, 0) is 31.0 Å². The van der Waals surface area contributed by atoms with Gasteiger partial charge in [0, 0.05) is 18.2 Å². The summed E-state index contributed by atoms with van der Waals surface area (Å²) in [5, 5.41) is 8.87. The molecule has 3 rings (SSSR count). The van der Waals surface area contributed by atoms with Crippen molar-refractivity contribution in [1.82, 2.24) is 24.7 Å². The van der Waals surface area contributed by atoms with E-state index in [1.54, 1.807) is 0 Å². The molecule has 0 atom stereocenters. The zero-order valence-electron chi connectivity index (χ0n) is 14.8. The Balaban J connectivity index is 2.10. The van der Waals surface area contributed by atoms with Crippen LogP contribution in [0.1, 0.15) is 22.6 Å². The summed E-state index contributed by atoms with van der Waals surface area (Å²) in [5.74, 6) is 0.123. The monoisotopic (exact) mass is 386 g/mol. The summed E-state index contributed by atoms with van der Waals surface area (Å²) >= 11 is 1.18. The molecule has 0 saturated heterocycles. The molecule has 3 aromatic rings. The van der Waals surface area contributed by atoms with Crippen molar-refractivity contribution >= 4 is 17.7 Å². The highest BCUT2D eigenvalue weighted by Gasteiger charge is 2.18. The van der Waals surface area contributed by atoms with Crippen molar-refractivity contribution in [2.45, 2.75) is 25.4 Å². The second-order valence-corrected chi connectivity index (χ2v) is 7.01. The lowest BCUT2D eigenvalue weighted by atomic mass is 10.1. The van der Waals surface area contributed by atoms with Gasteiger partial charge < -0.3 is 10.7 Å². The molecule has 2 heterocycles. The highest BCUT2D eigenvalue weighted by atomic mass is 32.2. The van der Waals surface area contributed by atoms with Crippen LogP contribution in [-0.4, -0.2) is 36.4 Å². The van der Waals surface area contributed by atoms with Gasteiger partial charge in [0.1, 0.15) is 5.82 Å². The number of nitrogens with two attached hydrogens (primary N) is 1. The van der Waals surface area contributed by atoms with E-state index in [1.165, 1.54) is 17.8 Å². The number of aromatic amines is 2. The van der Waals surface area contributed by atoms with Gasteiger partial charge in [0.25, 0.3) is 5.56 Å². The molecule has 140 valence electrons. The van der Waals surface area contributed by atoms with Gasteiger partial charge in [0.15, 0.2) is 5.16 Å². The van der Waals surface area contributed by atoms with E-state index in [2.05, 4.69) is 20.2 Å². The molecular weight excluding hydrogens is 368 g/mol. The van der Waals surface area contributed by atoms with E-state index in [9.17, 15) is 14.4 Å². The van der Waals surface area contributed by atoms with Gasteiger partial charge in [-0.15, -0.1) is 10.2 Å². The summed E-state index contributed by atoms with van der Waals surface area (Å²) in [4.78, 5) is 39.0. The smallest absolute Gasteiger partial charge is 0.325 e. The lowest BCUT2D eigenvalue weighted by molar-refractivity contribution is -0.115. The minimum Gasteiger partial charge on any atom is -0.369 e. The van der Waals surface area contributed by atoms with Crippen molar-refractivity contribution in [2.24, 2.45) is 5.73 Å². The first kappa shape index (κ1) is 18.6. The SMILES string of the molecule is Cc1ccc(C)c(-n2c(Cc3cc(=O)[nH]c(=O)[nH]3)nnc2SCC(N)=O)c1. The number of amides is 1. The largest absolute Gasteiger partial charge is 0.369 e. The van der Waals surface area contributed by atoms with E-state index < -0.39 is 17.2 Å². The van der Waals surface area contributed by atoms with Crippen LogP contribution in [0.5, 0.6) is 0 Å². The maximum atomic E-state index is 11.6. The first-order valence-electron chi connectivity index (χ1n) is 8.09. The normalized spacial score (nSPS) is 10.9. The first-order valence-corrected chi connectivity index (χ1v) is 9.07. The van der Waals surface area contributed by atoms with Gasteiger partial charge in [-0.1, -0.05) is 23.9 Å². The fourth-order valence-corrected chi connectivity index (χ4v) is 3.33.